The summed E-state index contributed by atoms with van der Waals surface area (Å²) in [5.74, 6) is 0. The van der Waals surface area contributed by atoms with Crippen molar-refractivity contribution in [1.29, 1.82) is 0 Å². The van der Waals surface area contributed by atoms with Crippen LogP contribution in [0.15, 0.2) is 30.3 Å². The molecule has 0 N–H and O–H groups in total. The number of hydrogen-bond acceptors (Lipinski definition) is 2. The van der Waals surface area contributed by atoms with Crippen molar-refractivity contribution in [3.05, 3.63) is 46.0 Å². The minimum atomic E-state index is -0.396. The summed E-state index contributed by atoms with van der Waals surface area (Å²) in [7, 11) is 0. The molecule has 0 radical (unpaired) electrons. The Morgan fingerprint density at radius 1 is 1.50 bits per heavy atom. The van der Waals surface area contributed by atoms with Gasteiger partial charge in [0.1, 0.15) is 0 Å². The van der Waals surface area contributed by atoms with Gasteiger partial charge in [-0.25, -0.2) is 0 Å². The van der Waals surface area contributed by atoms with Gasteiger partial charge < -0.3 is 0 Å². The predicted octanol–water partition coefficient (Wildman–Crippen LogP) is 2.63. The highest BCUT2D eigenvalue weighted by Gasteiger charge is 2.02. The lowest BCUT2D eigenvalue weighted by molar-refractivity contribution is -0.384. The minimum absolute atomic E-state index is 0.130. The largest absolute Gasteiger partial charge is 0.270 e. The molecule has 3 nitrogen and oxygen atoms in total. The van der Waals surface area contributed by atoms with Gasteiger partial charge in [-0.3, -0.25) is 10.1 Å². The fraction of sp³-hybridized carbons (Fsp3) is 0.111. The Bertz CT molecular complexity index is 318. The molecular formula is C9H9NO2. The predicted molar refractivity (Wildman–Crippen MR) is 47.8 cm³/mol. The van der Waals surface area contributed by atoms with Crippen LogP contribution in [0.1, 0.15) is 12.5 Å². The number of nitro groups is 1. The lowest BCUT2D eigenvalue weighted by Crippen LogP contribution is -1.87. The van der Waals surface area contributed by atoms with Gasteiger partial charge in [0.2, 0.25) is 0 Å². The number of nitro benzene ring substituents is 1. The van der Waals surface area contributed by atoms with Gasteiger partial charge in [0.05, 0.1) is 4.92 Å². The topological polar surface area (TPSA) is 43.1 Å². The molecule has 0 aliphatic carbocycles. The van der Waals surface area contributed by atoms with Crippen LogP contribution in [0, 0.1) is 10.1 Å². The van der Waals surface area contributed by atoms with Crippen LogP contribution in [0.5, 0.6) is 0 Å². The molecule has 62 valence electrons. The highest BCUT2D eigenvalue weighted by molar-refractivity contribution is 5.52. The molecule has 12 heavy (non-hydrogen) atoms. The fourth-order valence-corrected chi connectivity index (χ4v) is 0.934. The monoisotopic (exact) mass is 163 g/mol. The van der Waals surface area contributed by atoms with E-state index in [4.69, 9.17) is 0 Å². The maximum atomic E-state index is 10.3. The molecule has 0 saturated heterocycles. The molecule has 0 aromatic heterocycles. The average molecular weight is 163 g/mol. The Morgan fingerprint density at radius 3 is 2.83 bits per heavy atom. The molecule has 0 bridgehead atoms. The van der Waals surface area contributed by atoms with E-state index in [1.54, 1.807) is 12.1 Å². The molecule has 0 aliphatic rings. The van der Waals surface area contributed by atoms with E-state index in [2.05, 4.69) is 0 Å². The summed E-state index contributed by atoms with van der Waals surface area (Å²) in [6.45, 7) is 1.87. The maximum Gasteiger partial charge on any atom is 0.270 e. The van der Waals surface area contributed by atoms with E-state index in [1.807, 2.05) is 25.1 Å². The van der Waals surface area contributed by atoms with E-state index < -0.39 is 4.92 Å². The highest BCUT2D eigenvalue weighted by Crippen LogP contribution is 2.13. The maximum absolute atomic E-state index is 10.3. The van der Waals surface area contributed by atoms with Crippen LogP contribution in [-0.2, 0) is 0 Å². The minimum Gasteiger partial charge on any atom is -0.258 e. The van der Waals surface area contributed by atoms with Crippen molar-refractivity contribution in [3.63, 3.8) is 0 Å². The summed E-state index contributed by atoms with van der Waals surface area (Å²) in [6, 6.07) is 6.52. The number of rotatable bonds is 2. The van der Waals surface area contributed by atoms with Gasteiger partial charge in [-0.15, -0.1) is 0 Å². The molecule has 0 atom stereocenters. The van der Waals surface area contributed by atoms with Gasteiger partial charge in [-0.05, 0) is 12.5 Å². The van der Waals surface area contributed by atoms with E-state index in [0.717, 1.165) is 5.56 Å². The zero-order chi connectivity index (χ0) is 8.97. The van der Waals surface area contributed by atoms with E-state index in [1.165, 1.54) is 6.07 Å². The first-order chi connectivity index (χ1) is 5.74. The molecule has 0 aliphatic heterocycles. The summed E-state index contributed by atoms with van der Waals surface area (Å²) in [4.78, 5) is 9.94. The highest BCUT2D eigenvalue weighted by atomic mass is 16.6. The second-order valence-corrected chi connectivity index (χ2v) is 2.35. The lowest BCUT2D eigenvalue weighted by atomic mass is 10.2. The van der Waals surface area contributed by atoms with Gasteiger partial charge in [0.25, 0.3) is 5.69 Å². The Balaban J connectivity index is 3.03. The van der Waals surface area contributed by atoms with Crippen LogP contribution < -0.4 is 0 Å². The number of allylic oxidation sites excluding steroid dienone is 1. The van der Waals surface area contributed by atoms with E-state index in [9.17, 15) is 10.1 Å². The number of nitrogens with zero attached hydrogens (tertiary/aromatic N) is 1. The molecule has 1 aromatic carbocycles. The van der Waals surface area contributed by atoms with Crippen molar-refractivity contribution in [3.8, 4) is 0 Å². The summed E-state index contributed by atoms with van der Waals surface area (Å²) in [5.41, 5.74) is 0.984. The second-order valence-electron chi connectivity index (χ2n) is 2.35. The van der Waals surface area contributed by atoms with Crippen LogP contribution >= 0.6 is 0 Å². The normalized spacial score (nSPS) is 10.4. The smallest absolute Gasteiger partial charge is 0.258 e. The molecule has 1 rings (SSSR count). The summed E-state index contributed by atoms with van der Waals surface area (Å²) in [5, 5.41) is 10.3. The lowest BCUT2D eigenvalue weighted by Gasteiger charge is -1.92. The van der Waals surface area contributed by atoms with Gasteiger partial charge >= 0.3 is 0 Å². The van der Waals surface area contributed by atoms with Crippen molar-refractivity contribution >= 4 is 11.8 Å². The first-order valence-electron chi connectivity index (χ1n) is 3.61. The molecule has 0 spiro atoms. The number of benzene rings is 1. The van der Waals surface area contributed by atoms with E-state index in [0.29, 0.717) is 0 Å². The quantitative estimate of drug-likeness (QED) is 0.496. The van der Waals surface area contributed by atoms with Crippen molar-refractivity contribution in [1.82, 2.24) is 0 Å². The number of hydrogen-bond donors (Lipinski definition) is 0. The molecule has 3 heteroatoms. The summed E-state index contributed by atoms with van der Waals surface area (Å²) >= 11 is 0. The Morgan fingerprint density at radius 2 is 2.25 bits per heavy atom. The Kier molecular flexibility index (Phi) is 2.58. The van der Waals surface area contributed by atoms with Gasteiger partial charge in [-0.2, -0.15) is 0 Å². The first-order valence-corrected chi connectivity index (χ1v) is 3.61. The van der Waals surface area contributed by atoms with Crippen LogP contribution in [0.25, 0.3) is 6.08 Å². The Hall–Kier alpha value is -1.64. The Labute approximate surface area is 70.5 Å². The summed E-state index contributed by atoms with van der Waals surface area (Å²) < 4.78 is 0. The number of non-ortho nitro benzene ring substituents is 1. The summed E-state index contributed by atoms with van der Waals surface area (Å²) in [6.07, 6.45) is 3.67. The van der Waals surface area contributed by atoms with Gasteiger partial charge in [0, 0.05) is 12.1 Å². The molecule has 1 aromatic rings. The van der Waals surface area contributed by atoms with Crippen molar-refractivity contribution in [2.45, 2.75) is 6.92 Å². The standard InChI is InChI=1S/C9H9NO2/c1-2-4-8-5-3-6-9(7-8)10(11)12/h2-7H,1H3. The third-order valence-electron chi connectivity index (χ3n) is 1.44. The molecule has 0 fully saturated rings. The SMILES string of the molecule is CC=Cc1cccc([N+](=O)[O-])c1. The zero-order valence-corrected chi connectivity index (χ0v) is 6.73. The molecule has 0 saturated carbocycles. The van der Waals surface area contributed by atoms with Crippen molar-refractivity contribution in [2.24, 2.45) is 0 Å². The first kappa shape index (κ1) is 8.46. The second kappa shape index (κ2) is 3.67. The van der Waals surface area contributed by atoms with Gasteiger partial charge in [-0.1, -0.05) is 24.3 Å². The fourth-order valence-electron chi connectivity index (χ4n) is 0.934. The van der Waals surface area contributed by atoms with Crippen LogP contribution in [0.3, 0.4) is 0 Å². The van der Waals surface area contributed by atoms with Crippen molar-refractivity contribution in [2.75, 3.05) is 0 Å². The van der Waals surface area contributed by atoms with Crippen LogP contribution in [-0.4, -0.2) is 4.92 Å². The third-order valence-corrected chi connectivity index (χ3v) is 1.44. The molecular weight excluding hydrogens is 154 g/mol. The molecule has 0 unspecified atom stereocenters. The van der Waals surface area contributed by atoms with Crippen LogP contribution in [0.2, 0.25) is 0 Å². The molecule has 0 amide bonds. The zero-order valence-electron chi connectivity index (χ0n) is 6.73. The van der Waals surface area contributed by atoms with Crippen molar-refractivity contribution < 1.29 is 4.92 Å². The third kappa shape index (κ3) is 1.92. The average Bonchev–Trinajstić information content (AvgIpc) is 2.05. The van der Waals surface area contributed by atoms with E-state index >= 15 is 0 Å². The van der Waals surface area contributed by atoms with Gasteiger partial charge in [0.15, 0.2) is 0 Å². The van der Waals surface area contributed by atoms with Crippen LogP contribution in [0.4, 0.5) is 5.69 Å². The van der Waals surface area contributed by atoms with E-state index in [-0.39, 0.29) is 5.69 Å². The molecule has 0 heterocycles.